The van der Waals surface area contributed by atoms with Gasteiger partial charge in [-0.2, -0.15) is 0 Å². The standard InChI is InChI=1S/C27H24N2O5S/c1-3-4-12-33-18-8-5-7-17(15-18)24(30)22-23(20-9-6-13-34-20)29(26(32)25(22)31)27-28-19-11-10-16(2)14-21(19)35-27/h5-11,13-15,23,30H,3-4,12H2,1-2H3/b24-22+. The molecule has 3 heterocycles. The lowest BCUT2D eigenvalue weighted by atomic mass is 9.99. The first-order chi connectivity index (χ1) is 17.0. The van der Waals surface area contributed by atoms with E-state index in [9.17, 15) is 14.7 Å². The minimum Gasteiger partial charge on any atom is -0.507 e. The van der Waals surface area contributed by atoms with E-state index in [2.05, 4.69) is 11.9 Å². The van der Waals surface area contributed by atoms with Crippen LogP contribution >= 0.6 is 11.3 Å². The Morgan fingerprint density at radius 3 is 2.80 bits per heavy atom. The molecule has 1 amide bonds. The molecule has 2 aromatic carbocycles. The number of unbranched alkanes of at least 4 members (excludes halogenated alkanes) is 1. The molecule has 0 bridgehead atoms. The first-order valence-electron chi connectivity index (χ1n) is 11.4. The average molecular weight is 489 g/mol. The first kappa shape index (κ1) is 22.9. The molecular formula is C27H24N2O5S. The molecule has 1 saturated heterocycles. The molecule has 7 nitrogen and oxygen atoms in total. The Morgan fingerprint density at radius 1 is 1.17 bits per heavy atom. The molecule has 178 valence electrons. The van der Waals surface area contributed by atoms with E-state index in [1.807, 2.05) is 25.1 Å². The first-order valence-corrected chi connectivity index (χ1v) is 12.2. The molecule has 8 heteroatoms. The van der Waals surface area contributed by atoms with Crippen molar-refractivity contribution >= 4 is 44.1 Å². The SMILES string of the molecule is CCCCOc1cccc(/C(O)=C2\C(=O)C(=O)N(c3nc4ccc(C)cc4s3)C2c2ccco2)c1. The fourth-order valence-electron chi connectivity index (χ4n) is 4.09. The van der Waals surface area contributed by atoms with Gasteiger partial charge in [-0.1, -0.05) is 42.9 Å². The number of Topliss-reactive ketones (excluding diaryl/α,β-unsaturated/α-hetero) is 1. The van der Waals surface area contributed by atoms with Crippen LogP contribution in [0.15, 0.2) is 70.9 Å². The van der Waals surface area contributed by atoms with E-state index in [-0.39, 0.29) is 11.3 Å². The van der Waals surface area contributed by atoms with Crippen molar-refractivity contribution in [1.82, 2.24) is 4.98 Å². The van der Waals surface area contributed by atoms with E-state index in [4.69, 9.17) is 9.15 Å². The second-order valence-corrected chi connectivity index (χ2v) is 9.39. The Hall–Kier alpha value is -3.91. The van der Waals surface area contributed by atoms with Crippen LogP contribution in [0, 0.1) is 6.92 Å². The Bertz CT molecular complexity index is 1440. The summed E-state index contributed by atoms with van der Waals surface area (Å²) in [5.41, 5.74) is 2.13. The Kier molecular flexibility index (Phi) is 6.13. The van der Waals surface area contributed by atoms with E-state index >= 15 is 0 Å². The summed E-state index contributed by atoms with van der Waals surface area (Å²) in [5.74, 6) is -0.912. The van der Waals surface area contributed by atoms with E-state index in [0.717, 1.165) is 28.6 Å². The van der Waals surface area contributed by atoms with Gasteiger partial charge < -0.3 is 14.3 Å². The van der Waals surface area contributed by atoms with Gasteiger partial charge in [-0.05, 0) is 55.3 Å². The van der Waals surface area contributed by atoms with Crippen molar-refractivity contribution in [1.29, 1.82) is 0 Å². The lowest BCUT2D eigenvalue weighted by Gasteiger charge is -2.20. The number of fused-ring (bicyclic) bond motifs is 1. The molecule has 0 aliphatic carbocycles. The van der Waals surface area contributed by atoms with E-state index in [0.29, 0.717) is 28.8 Å². The smallest absolute Gasteiger partial charge is 0.302 e. The Labute approximate surface area is 206 Å². The Balaban J connectivity index is 1.61. The number of aromatic nitrogens is 1. The number of ketones is 1. The summed E-state index contributed by atoms with van der Waals surface area (Å²) in [6.07, 6.45) is 3.37. The highest BCUT2D eigenvalue weighted by molar-refractivity contribution is 7.22. The monoisotopic (exact) mass is 488 g/mol. The highest BCUT2D eigenvalue weighted by atomic mass is 32.1. The molecule has 1 aliphatic heterocycles. The number of anilines is 1. The number of thiazole rings is 1. The van der Waals surface area contributed by atoms with Gasteiger partial charge in [0.15, 0.2) is 5.13 Å². The number of benzene rings is 2. The number of furan rings is 1. The third-order valence-electron chi connectivity index (χ3n) is 5.87. The maximum atomic E-state index is 13.3. The van der Waals surface area contributed by atoms with E-state index in [1.165, 1.54) is 22.5 Å². The summed E-state index contributed by atoms with van der Waals surface area (Å²) in [6, 6.07) is 15.1. The van der Waals surface area contributed by atoms with Crippen molar-refractivity contribution in [3.05, 3.63) is 83.3 Å². The van der Waals surface area contributed by atoms with Gasteiger partial charge in [-0.25, -0.2) is 4.98 Å². The number of carbonyl (C=O) groups excluding carboxylic acids is 2. The summed E-state index contributed by atoms with van der Waals surface area (Å²) in [7, 11) is 0. The number of hydrogen-bond donors (Lipinski definition) is 1. The van der Waals surface area contributed by atoms with Crippen LogP contribution < -0.4 is 9.64 Å². The third kappa shape index (κ3) is 4.21. The average Bonchev–Trinajstić information content (AvgIpc) is 3.58. The lowest BCUT2D eigenvalue weighted by molar-refractivity contribution is -0.132. The number of hydrogen-bond acceptors (Lipinski definition) is 7. The van der Waals surface area contributed by atoms with Gasteiger partial charge in [0.05, 0.1) is 28.7 Å². The number of carbonyl (C=O) groups is 2. The van der Waals surface area contributed by atoms with Gasteiger partial charge in [0, 0.05) is 5.56 Å². The zero-order valence-corrected chi connectivity index (χ0v) is 20.2. The normalized spacial score (nSPS) is 17.4. The van der Waals surface area contributed by atoms with Crippen LogP contribution in [0.2, 0.25) is 0 Å². The van der Waals surface area contributed by atoms with Crippen molar-refractivity contribution in [2.45, 2.75) is 32.7 Å². The topological polar surface area (TPSA) is 92.9 Å². The fraction of sp³-hybridized carbons (Fsp3) is 0.222. The van der Waals surface area contributed by atoms with Gasteiger partial charge in [-0.15, -0.1) is 0 Å². The van der Waals surface area contributed by atoms with E-state index < -0.39 is 17.7 Å². The van der Waals surface area contributed by atoms with Gasteiger partial charge in [0.25, 0.3) is 5.78 Å². The molecule has 4 aromatic rings. The highest BCUT2D eigenvalue weighted by Gasteiger charge is 2.49. The van der Waals surface area contributed by atoms with E-state index in [1.54, 1.807) is 36.4 Å². The minimum atomic E-state index is -0.948. The number of ether oxygens (including phenoxy) is 1. The molecule has 2 aromatic heterocycles. The number of aliphatic hydroxyl groups excluding tert-OH is 1. The number of aryl methyl sites for hydroxylation is 1. The zero-order chi connectivity index (χ0) is 24.5. The highest BCUT2D eigenvalue weighted by Crippen LogP contribution is 2.44. The van der Waals surface area contributed by atoms with Crippen molar-refractivity contribution in [2.75, 3.05) is 11.5 Å². The molecule has 5 rings (SSSR count). The second-order valence-electron chi connectivity index (χ2n) is 8.38. The number of amides is 1. The van der Waals surface area contributed by atoms with Crippen molar-refractivity contribution in [3.8, 4) is 5.75 Å². The van der Waals surface area contributed by atoms with Crippen LogP contribution in [0.4, 0.5) is 5.13 Å². The molecule has 0 saturated carbocycles. The molecule has 35 heavy (non-hydrogen) atoms. The third-order valence-corrected chi connectivity index (χ3v) is 6.89. The number of nitrogens with zero attached hydrogens (tertiary/aromatic N) is 2. The van der Waals surface area contributed by atoms with Gasteiger partial charge in [-0.3, -0.25) is 14.5 Å². The second kappa shape index (κ2) is 9.38. The van der Waals surface area contributed by atoms with Gasteiger partial charge in [0.1, 0.15) is 23.3 Å². The minimum absolute atomic E-state index is 0.0499. The molecule has 1 aliphatic rings. The van der Waals surface area contributed by atoms with Crippen LogP contribution in [0.1, 0.15) is 42.7 Å². The Morgan fingerprint density at radius 2 is 2.03 bits per heavy atom. The summed E-state index contributed by atoms with van der Waals surface area (Å²) in [6.45, 7) is 4.61. The molecule has 0 radical (unpaired) electrons. The molecule has 0 spiro atoms. The van der Waals surface area contributed by atoms with Crippen LogP contribution in [-0.4, -0.2) is 28.4 Å². The summed E-state index contributed by atoms with van der Waals surface area (Å²) >= 11 is 1.31. The summed E-state index contributed by atoms with van der Waals surface area (Å²) in [4.78, 5) is 32.5. The van der Waals surface area contributed by atoms with Gasteiger partial charge in [0.2, 0.25) is 0 Å². The van der Waals surface area contributed by atoms with Crippen LogP contribution in [0.25, 0.3) is 16.0 Å². The van der Waals surface area contributed by atoms with Crippen molar-refractivity contribution in [2.24, 2.45) is 0 Å². The molecule has 1 fully saturated rings. The predicted octanol–water partition coefficient (Wildman–Crippen LogP) is 6.00. The number of aliphatic hydroxyl groups is 1. The molecule has 1 atom stereocenters. The predicted molar refractivity (Wildman–Crippen MR) is 135 cm³/mol. The van der Waals surface area contributed by atoms with Gasteiger partial charge >= 0.3 is 5.91 Å². The van der Waals surface area contributed by atoms with Crippen LogP contribution in [0.3, 0.4) is 0 Å². The summed E-state index contributed by atoms with van der Waals surface area (Å²) in [5, 5.41) is 11.6. The lowest BCUT2D eigenvalue weighted by Crippen LogP contribution is -2.29. The molecule has 1 N–H and O–H groups in total. The quantitative estimate of drug-likeness (QED) is 0.148. The fourth-order valence-corrected chi connectivity index (χ4v) is 5.18. The number of rotatable bonds is 7. The largest absolute Gasteiger partial charge is 0.507 e. The van der Waals surface area contributed by atoms with Crippen molar-refractivity contribution < 1.29 is 23.8 Å². The molecule has 1 unspecified atom stereocenters. The maximum absolute atomic E-state index is 13.3. The van der Waals surface area contributed by atoms with Crippen LogP contribution in [0.5, 0.6) is 5.75 Å². The zero-order valence-electron chi connectivity index (χ0n) is 19.4. The molecular weight excluding hydrogens is 464 g/mol. The summed E-state index contributed by atoms with van der Waals surface area (Å²) < 4.78 is 12.3. The van der Waals surface area contributed by atoms with Crippen molar-refractivity contribution in [3.63, 3.8) is 0 Å². The maximum Gasteiger partial charge on any atom is 0.302 e. The van der Waals surface area contributed by atoms with Crippen LogP contribution in [-0.2, 0) is 9.59 Å².